The minimum atomic E-state index is -3.73. The lowest BCUT2D eigenvalue weighted by atomic mass is 10.3. The number of anilines is 1. The summed E-state index contributed by atoms with van der Waals surface area (Å²) < 4.78 is 30.7. The minimum Gasteiger partial charge on any atom is -0.385 e. The number of hydrazine groups is 1. The first kappa shape index (κ1) is 17.3. The van der Waals surface area contributed by atoms with Crippen LogP contribution in [0, 0.1) is 10.1 Å². The number of nitro benzene ring substituents is 1. The summed E-state index contributed by atoms with van der Waals surface area (Å²) >= 11 is 0. The molecule has 0 atom stereocenters. The van der Waals surface area contributed by atoms with Gasteiger partial charge in [-0.05, 0) is 18.6 Å². The molecule has 0 radical (unpaired) electrons. The van der Waals surface area contributed by atoms with E-state index in [0.29, 0.717) is 13.0 Å². The number of rotatable bonds is 8. The van der Waals surface area contributed by atoms with Crippen molar-refractivity contribution in [3.05, 3.63) is 28.3 Å². The van der Waals surface area contributed by atoms with Gasteiger partial charge in [0.05, 0.1) is 9.82 Å². The molecule has 0 saturated carbocycles. The molecule has 0 unspecified atom stereocenters. The number of hydrogen-bond donors (Lipinski definition) is 2. The van der Waals surface area contributed by atoms with Gasteiger partial charge in [-0.25, -0.2) is 12.7 Å². The number of sulfonamides is 1. The Balaban J connectivity index is 3.06. The largest absolute Gasteiger partial charge is 0.385 e. The SMILES string of the molecule is COCCCN(C)S(=O)(=O)c1ccc([N+](=O)[O-])c(NN)c1. The molecule has 0 aromatic heterocycles. The average molecular weight is 318 g/mol. The summed E-state index contributed by atoms with van der Waals surface area (Å²) in [6.45, 7) is 0.717. The fraction of sp³-hybridized carbons (Fsp3) is 0.455. The highest BCUT2D eigenvalue weighted by atomic mass is 32.2. The van der Waals surface area contributed by atoms with E-state index >= 15 is 0 Å². The Hall–Kier alpha value is -1.75. The van der Waals surface area contributed by atoms with E-state index in [1.165, 1.54) is 20.2 Å². The number of methoxy groups -OCH3 is 1. The molecule has 3 N–H and O–H groups in total. The number of nitrogens with two attached hydrogens (primary N) is 1. The van der Waals surface area contributed by atoms with E-state index in [0.717, 1.165) is 16.4 Å². The Morgan fingerprint density at radius 1 is 1.48 bits per heavy atom. The molecule has 21 heavy (non-hydrogen) atoms. The molecule has 10 heteroatoms. The number of nitro groups is 1. The maximum atomic E-state index is 12.3. The Bertz CT molecular complexity index is 605. The summed E-state index contributed by atoms with van der Waals surface area (Å²) in [6, 6.07) is 3.42. The Morgan fingerprint density at radius 2 is 2.14 bits per heavy atom. The molecule has 0 heterocycles. The lowest BCUT2D eigenvalue weighted by Crippen LogP contribution is -2.28. The molecule has 0 amide bonds. The van der Waals surface area contributed by atoms with E-state index in [2.05, 4.69) is 5.43 Å². The summed E-state index contributed by atoms with van der Waals surface area (Å²) in [6.07, 6.45) is 0.543. The molecule has 118 valence electrons. The molecular formula is C11H18N4O5S. The minimum absolute atomic E-state index is 0.0635. The van der Waals surface area contributed by atoms with Gasteiger partial charge in [-0.1, -0.05) is 0 Å². The molecule has 0 saturated heterocycles. The summed E-state index contributed by atoms with van der Waals surface area (Å²) in [7, 11) is -0.771. The van der Waals surface area contributed by atoms with Gasteiger partial charge in [-0.2, -0.15) is 0 Å². The van der Waals surface area contributed by atoms with E-state index in [1.54, 1.807) is 0 Å². The van der Waals surface area contributed by atoms with Gasteiger partial charge >= 0.3 is 0 Å². The second-order valence-electron chi connectivity index (χ2n) is 4.25. The monoisotopic (exact) mass is 318 g/mol. The predicted molar refractivity (Wildman–Crippen MR) is 77.2 cm³/mol. The molecule has 0 bridgehead atoms. The van der Waals surface area contributed by atoms with Crippen LogP contribution in [0.5, 0.6) is 0 Å². The Morgan fingerprint density at radius 3 is 2.67 bits per heavy atom. The Kier molecular flexibility index (Phi) is 6.03. The topological polar surface area (TPSA) is 128 Å². The average Bonchev–Trinajstić information content (AvgIpc) is 2.46. The maximum absolute atomic E-state index is 12.3. The highest BCUT2D eigenvalue weighted by Crippen LogP contribution is 2.27. The van der Waals surface area contributed by atoms with E-state index in [-0.39, 0.29) is 22.8 Å². The molecule has 1 aromatic carbocycles. The zero-order valence-electron chi connectivity index (χ0n) is 11.8. The van der Waals surface area contributed by atoms with E-state index in [4.69, 9.17) is 10.6 Å². The normalized spacial score (nSPS) is 11.6. The lowest BCUT2D eigenvalue weighted by molar-refractivity contribution is -0.384. The molecule has 0 aliphatic heterocycles. The van der Waals surface area contributed by atoms with E-state index < -0.39 is 14.9 Å². The number of nitrogens with zero attached hydrogens (tertiary/aromatic N) is 2. The molecule has 1 aromatic rings. The van der Waals surface area contributed by atoms with Crippen LogP contribution in [0.25, 0.3) is 0 Å². The predicted octanol–water partition coefficient (Wildman–Crippen LogP) is 0.537. The first-order valence-corrected chi connectivity index (χ1v) is 7.49. The smallest absolute Gasteiger partial charge is 0.293 e. The number of benzene rings is 1. The van der Waals surface area contributed by atoms with Crippen LogP contribution in [0.15, 0.2) is 23.1 Å². The molecular weight excluding hydrogens is 300 g/mol. The summed E-state index contributed by atoms with van der Waals surface area (Å²) in [4.78, 5) is 10.1. The molecule has 0 fully saturated rings. The van der Waals surface area contributed by atoms with Gasteiger partial charge in [-0.3, -0.25) is 16.0 Å². The first-order chi connectivity index (χ1) is 9.84. The van der Waals surface area contributed by atoms with E-state index in [9.17, 15) is 18.5 Å². The van der Waals surface area contributed by atoms with Gasteiger partial charge < -0.3 is 10.2 Å². The highest BCUT2D eigenvalue weighted by molar-refractivity contribution is 7.89. The Labute approximate surface area is 122 Å². The van der Waals surface area contributed by atoms with Crippen LogP contribution in [0.4, 0.5) is 11.4 Å². The van der Waals surface area contributed by atoms with Crippen molar-refractivity contribution in [3.63, 3.8) is 0 Å². The van der Waals surface area contributed by atoms with Crippen molar-refractivity contribution in [2.75, 3.05) is 32.7 Å². The van der Waals surface area contributed by atoms with Gasteiger partial charge in [0.15, 0.2) is 0 Å². The van der Waals surface area contributed by atoms with Gasteiger partial charge in [-0.15, -0.1) is 0 Å². The summed E-state index contributed by atoms with van der Waals surface area (Å²) in [5, 5.41) is 10.8. The first-order valence-electron chi connectivity index (χ1n) is 6.05. The van der Waals surface area contributed by atoms with Crippen LogP contribution in [0.2, 0.25) is 0 Å². The van der Waals surface area contributed by atoms with Crippen LogP contribution in [-0.4, -0.2) is 45.0 Å². The number of hydrogen-bond acceptors (Lipinski definition) is 7. The van der Waals surface area contributed by atoms with Crippen LogP contribution in [0.1, 0.15) is 6.42 Å². The van der Waals surface area contributed by atoms with E-state index in [1.807, 2.05) is 0 Å². The third-order valence-electron chi connectivity index (χ3n) is 2.85. The van der Waals surface area contributed by atoms with Crippen molar-refractivity contribution in [1.82, 2.24) is 4.31 Å². The van der Waals surface area contributed by atoms with Crippen molar-refractivity contribution < 1.29 is 18.1 Å². The van der Waals surface area contributed by atoms with Gasteiger partial charge in [0.1, 0.15) is 5.69 Å². The zero-order valence-corrected chi connectivity index (χ0v) is 12.6. The van der Waals surface area contributed by atoms with Crippen LogP contribution >= 0.6 is 0 Å². The van der Waals surface area contributed by atoms with Gasteiger partial charge in [0.2, 0.25) is 10.0 Å². The maximum Gasteiger partial charge on any atom is 0.293 e. The molecule has 0 spiro atoms. The van der Waals surface area contributed by atoms with Crippen LogP contribution in [0.3, 0.4) is 0 Å². The third-order valence-corrected chi connectivity index (χ3v) is 4.70. The van der Waals surface area contributed by atoms with Crippen molar-refractivity contribution >= 4 is 21.4 Å². The summed E-state index contributed by atoms with van der Waals surface area (Å²) in [5.41, 5.74) is 1.78. The standard InChI is InChI=1S/C11H18N4O5S/c1-14(6-3-7-20-2)21(18,19)9-4-5-11(15(16)17)10(8-9)13-12/h4-5,8,13H,3,6-7,12H2,1-2H3. The summed E-state index contributed by atoms with van der Waals surface area (Å²) in [5.74, 6) is 5.20. The van der Waals surface area contributed by atoms with Crippen LogP contribution < -0.4 is 11.3 Å². The van der Waals surface area contributed by atoms with Crippen LogP contribution in [-0.2, 0) is 14.8 Å². The fourth-order valence-electron chi connectivity index (χ4n) is 1.68. The van der Waals surface area contributed by atoms with Crippen molar-refractivity contribution in [2.45, 2.75) is 11.3 Å². The third kappa shape index (κ3) is 4.11. The molecule has 1 rings (SSSR count). The second-order valence-corrected chi connectivity index (χ2v) is 6.30. The zero-order chi connectivity index (χ0) is 16.0. The fourth-order valence-corrected chi connectivity index (χ4v) is 2.92. The molecule has 9 nitrogen and oxygen atoms in total. The highest BCUT2D eigenvalue weighted by Gasteiger charge is 2.23. The molecule has 0 aliphatic carbocycles. The lowest BCUT2D eigenvalue weighted by Gasteiger charge is -2.17. The molecule has 0 aliphatic rings. The quantitative estimate of drug-likeness (QED) is 0.310. The van der Waals surface area contributed by atoms with Crippen molar-refractivity contribution in [2.24, 2.45) is 5.84 Å². The number of nitrogen functional groups attached to an aromatic ring is 1. The van der Waals surface area contributed by atoms with Gasteiger partial charge in [0, 0.05) is 33.4 Å². The van der Waals surface area contributed by atoms with Crippen molar-refractivity contribution in [3.8, 4) is 0 Å². The number of ether oxygens (including phenoxy) is 1. The van der Waals surface area contributed by atoms with Gasteiger partial charge in [0.25, 0.3) is 5.69 Å². The second kappa shape index (κ2) is 7.31. The van der Waals surface area contributed by atoms with Crippen molar-refractivity contribution in [1.29, 1.82) is 0 Å². The number of nitrogens with one attached hydrogen (secondary N) is 1.